The summed E-state index contributed by atoms with van der Waals surface area (Å²) in [5.41, 5.74) is 1.24. The predicted octanol–water partition coefficient (Wildman–Crippen LogP) is 1.90. The normalized spacial score (nSPS) is 24.0. The molecule has 0 spiro atoms. The van der Waals surface area contributed by atoms with Crippen LogP contribution in [0.5, 0.6) is 0 Å². The standard InChI is InChI=1S/C15H21N3O3/c19-18(20)14-5-3-13(4-6-14)17-7-1-2-15(12-17)16-8-10-21-11-9-16/h3-6,15H,1-2,7-12H2. The highest BCUT2D eigenvalue weighted by atomic mass is 16.6. The third-order valence-electron chi connectivity index (χ3n) is 4.38. The Hall–Kier alpha value is -1.66. The van der Waals surface area contributed by atoms with Crippen molar-refractivity contribution in [1.82, 2.24) is 4.90 Å². The molecule has 0 aliphatic carbocycles. The van der Waals surface area contributed by atoms with Crippen LogP contribution in [-0.2, 0) is 4.74 Å². The fourth-order valence-electron chi connectivity index (χ4n) is 3.22. The molecule has 2 fully saturated rings. The van der Waals surface area contributed by atoms with Crippen molar-refractivity contribution in [3.63, 3.8) is 0 Å². The molecule has 1 unspecified atom stereocenters. The number of non-ortho nitro benzene ring substituents is 1. The van der Waals surface area contributed by atoms with Crippen molar-refractivity contribution in [1.29, 1.82) is 0 Å². The number of morpholine rings is 1. The first-order valence-corrected chi connectivity index (χ1v) is 7.55. The third-order valence-corrected chi connectivity index (χ3v) is 4.38. The predicted molar refractivity (Wildman–Crippen MR) is 80.7 cm³/mol. The second-order valence-electron chi connectivity index (χ2n) is 5.66. The third kappa shape index (κ3) is 3.33. The quantitative estimate of drug-likeness (QED) is 0.629. The first-order valence-electron chi connectivity index (χ1n) is 7.55. The number of hydrogen-bond acceptors (Lipinski definition) is 5. The van der Waals surface area contributed by atoms with E-state index in [-0.39, 0.29) is 10.6 Å². The van der Waals surface area contributed by atoms with E-state index >= 15 is 0 Å². The van der Waals surface area contributed by atoms with Gasteiger partial charge in [-0.2, -0.15) is 0 Å². The molecule has 2 saturated heterocycles. The van der Waals surface area contributed by atoms with Crippen LogP contribution in [0.15, 0.2) is 24.3 Å². The molecule has 21 heavy (non-hydrogen) atoms. The largest absolute Gasteiger partial charge is 0.379 e. The van der Waals surface area contributed by atoms with Gasteiger partial charge in [0.15, 0.2) is 0 Å². The zero-order valence-electron chi connectivity index (χ0n) is 12.1. The first kappa shape index (κ1) is 14.3. The first-order chi connectivity index (χ1) is 10.2. The van der Waals surface area contributed by atoms with Crippen molar-refractivity contribution in [2.75, 3.05) is 44.3 Å². The minimum atomic E-state index is -0.351. The molecular formula is C15H21N3O3. The minimum absolute atomic E-state index is 0.153. The van der Waals surface area contributed by atoms with Crippen LogP contribution in [-0.4, -0.2) is 55.3 Å². The lowest BCUT2D eigenvalue weighted by Gasteiger charge is -2.41. The average molecular weight is 291 g/mol. The summed E-state index contributed by atoms with van der Waals surface area (Å²) in [5.74, 6) is 0. The van der Waals surface area contributed by atoms with Crippen LogP contribution >= 0.6 is 0 Å². The second kappa shape index (κ2) is 6.41. The molecular weight excluding hydrogens is 270 g/mol. The molecule has 114 valence electrons. The van der Waals surface area contributed by atoms with Gasteiger partial charge in [0.1, 0.15) is 0 Å². The summed E-state index contributed by atoms with van der Waals surface area (Å²) in [6, 6.07) is 7.47. The van der Waals surface area contributed by atoms with Gasteiger partial charge in [0.2, 0.25) is 0 Å². The zero-order chi connectivity index (χ0) is 14.7. The number of nitrogens with zero attached hydrogens (tertiary/aromatic N) is 3. The molecule has 6 nitrogen and oxygen atoms in total. The van der Waals surface area contributed by atoms with Gasteiger partial charge in [-0.25, -0.2) is 0 Å². The van der Waals surface area contributed by atoms with E-state index < -0.39 is 0 Å². The molecule has 2 aliphatic heterocycles. The van der Waals surface area contributed by atoms with Crippen LogP contribution < -0.4 is 4.90 Å². The number of hydrogen-bond donors (Lipinski definition) is 0. The highest BCUT2D eigenvalue weighted by Crippen LogP contribution is 2.25. The lowest BCUT2D eigenvalue weighted by Crippen LogP contribution is -2.51. The smallest absolute Gasteiger partial charge is 0.269 e. The molecule has 0 radical (unpaired) electrons. The van der Waals surface area contributed by atoms with E-state index in [9.17, 15) is 10.1 Å². The van der Waals surface area contributed by atoms with Crippen molar-refractivity contribution >= 4 is 11.4 Å². The maximum absolute atomic E-state index is 10.7. The Balaban J connectivity index is 1.66. The topological polar surface area (TPSA) is 58.9 Å². The number of anilines is 1. The lowest BCUT2D eigenvalue weighted by molar-refractivity contribution is -0.384. The monoisotopic (exact) mass is 291 g/mol. The van der Waals surface area contributed by atoms with Crippen molar-refractivity contribution in [3.8, 4) is 0 Å². The van der Waals surface area contributed by atoms with Crippen LogP contribution in [0.25, 0.3) is 0 Å². The minimum Gasteiger partial charge on any atom is -0.379 e. The average Bonchev–Trinajstić information content (AvgIpc) is 2.56. The summed E-state index contributed by atoms with van der Waals surface area (Å²) >= 11 is 0. The molecule has 1 atom stereocenters. The van der Waals surface area contributed by atoms with Crippen molar-refractivity contribution in [3.05, 3.63) is 34.4 Å². The van der Waals surface area contributed by atoms with E-state index in [1.807, 2.05) is 12.1 Å². The Morgan fingerprint density at radius 2 is 1.86 bits per heavy atom. The van der Waals surface area contributed by atoms with E-state index in [4.69, 9.17) is 4.74 Å². The molecule has 0 saturated carbocycles. The number of rotatable bonds is 3. The van der Waals surface area contributed by atoms with Gasteiger partial charge in [0.25, 0.3) is 5.69 Å². The molecule has 0 amide bonds. The van der Waals surface area contributed by atoms with Gasteiger partial charge in [0, 0.05) is 50.0 Å². The van der Waals surface area contributed by atoms with Crippen LogP contribution in [0, 0.1) is 10.1 Å². The van der Waals surface area contributed by atoms with Gasteiger partial charge in [-0.15, -0.1) is 0 Å². The molecule has 0 aromatic heterocycles. The Morgan fingerprint density at radius 3 is 2.52 bits per heavy atom. The Morgan fingerprint density at radius 1 is 1.14 bits per heavy atom. The number of piperidine rings is 1. The fraction of sp³-hybridized carbons (Fsp3) is 0.600. The highest BCUT2D eigenvalue weighted by Gasteiger charge is 2.26. The number of benzene rings is 1. The van der Waals surface area contributed by atoms with E-state index in [1.54, 1.807) is 12.1 Å². The number of nitro groups is 1. The summed E-state index contributed by atoms with van der Waals surface area (Å²) in [6.45, 7) is 5.70. The Kier molecular flexibility index (Phi) is 4.36. The number of nitro benzene ring substituents is 1. The maximum atomic E-state index is 10.7. The maximum Gasteiger partial charge on any atom is 0.269 e. The molecule has 2 heterocycles. The van der Waals surface area contributed by atoms with E-state index in [0.29, 0.717) is 6.04 Å². The molecule has 0 N–H and O–H groups in total. The van der Waals surface area contributed by atoms with Crippen LogP contribution in [0.3, 0.4) is 0 Å². The molecule has 0 bridgehead atoms. The van der Waals surface area contributed by atoms with Gasteiger partial charge in [-0.3, -0.25) is 15.0 Å². The summed E-state index contributed by atoms with van der Waals surface area (Å²) in [6.07, 6.45) is 2.39. The van der Waals surface area contributed by atoms with Gasteiger partial charge in [0.05, 0.1) is 18.1 Å². The summed E-state index contributed by atoms with van der Waals surface area (Å²) in [7, 11) is 0. The van der Waals surface area contributed by atoms with Crippen LogP contribution in [0.2, 0.25) is 0 Å². The Labute approximate surface area is 124 Å². The molecule has 2 aliphatic rings. The lowest BCUT2D eigenvalue weighted by atomic mass is 10.0. The van der Waals surface area contributed by atoms with Crippen molar-refractivity contribution in [2.24, 2.45) is 0 Å². The van der Waals surface area contributed by atoms with Gasteiger partial charge in [-0.05, 0) is 25.0 Å². The van der Waals surface area contributed by atoms with Crippen molar-refractivity contribution < 1.29 is 9.66 Å². The van der Waals surface area contributed by atoms with Gasteiger partial charge < -0.3 is 9.64 Å². The van der Waals surface area contributed by atoms with Crippen LogP contribution in [0.1, 0.15) is 12.8 Å². The van der Waals surface area contributed by atoms with Crippen molar-refractivity contribution in [2.45, 2.75) is 18.9 Å². The Bertz CT molecular complexity index is 485. The van der Waals surface area contributed by atoms with Gasteiger partial charge in [-0.1, -0.05) is 0 Å². The fourth-order valence-corrected chi connectivity index (χ4v) is 3.22. The molecule has 1 aromatic rings. The van der Waals surface area contributed by atoms with E-state index in [0.717, 1.165) is 45.1 Å². The van der Waals surface area contributed by atoms with Gasteiger partial charge >= 0.3 is 0 Å². The molecule has 3 rings (SSSR count). The second-order valence-corrected chi connectivity index (χ2v) is 5.66. The van der Waals surface area contributed by atoms with Crippen LogP contribution in [0.4, 0.5) is 11.4 Å². The number of ether oxygens (including phenoxy) is 1. The summed E-state index contributed by atoms with van der Waals surface area (Å²) in [5, 5.41) is 10.7. The molecule has 1 aromatic carbocycles. The summed E-state index contributed by atoms with van der Waals surface area (Å²) < 4.78 is 5.42. The SMILES string of the molecule is O=[N+]([O-])c1ccc(N2CCCC(N3CCOCC3)C2)cc1. The highest BCUT2D eigenvalue weighted by molar-refractivity contribution is 5.51. The molecule has 6 heteroatoms. The van der Waals surface area contributed by atoms with E-state index in [2.05, 4.69) is 9.80 Å². The summed E-state index contributed by atoms with van der Waals surface area (Å²) in [4.78, 5) is 15.2. The zero-order valence-corrected chi connectivity index (χ0v) is 12.1. The van der Waals surface area contributed by atoms with E-state index in [1.165, 1.54) is 12.8 Å².